The van der Waals surface area contributed by atoms with E-state index in [0.29, 0.717) is 6.54 Å². The van der Waals surface area contributed by atoms with Crippen molar-refractivity contribution in [2.24, 2.45) is 5.92 Å². The number of nitrogens with zero attached hydrogens (tertiary/aromatic N) is 1. The normalized spacial score (nSPS) is 17.9. The number of hydrogen-bond donors (Lipinski definition) is 2. The molecule has 1 aromatic rings. The number of amides is 1. The van der Waals surface area contributed by atoms with Crippen molar-refractivity contribution < 1.29 is 4.79 Å². The molecular formula is C16H27N3OS. The van der Waals surface area contributed by atoms with Crippen molar-refractivity contribution in [3.05, 3.63) is 22.4 Å². The fraction of sp³-hybridized carbons (Fsp3) is 0.688. The highest BCUT2D eigenvalue weighted by Crippen LogP contribution is 2.18. The second-order valence-corrected chi connectivity index (χ2v) is 6.81. The quantitative estimate of drug-likeness (QED) is 0.812. The molecule has 2 heterocycles. The molecular weight excluding hydrogens is 282 g/mol. The molecule has 0 saturated carbocycles. The summed E-state index contributed by atoms with van der Waals surface area (Å²) in [6, 6.07) is 4.20. The van der Waals surface area contributed by atoms with Crippen LogP contribution in [0.4, 0.5) is 0 Å². The molecule has 118 valence electrons. The topological polar surface area (TPSA) is 44.4 Å². The van der Waals surface area contributed by atoms with Crippen LogP contribution >= 0.6 is 11.3 Å². The van der Waals surface area contributed by atoms with Gasteiger partial charge in [-0.1, -0.05) is 13.0 Å². The molecule has 1 aliphatic rings. The molecule has 0 radical (unpaired) electrons. The van der Waals surface area contributed by atoms with Gasteiger partial charge in [-0.3, -0.25) is 9.69 Å². The van der Waals surface area contributed by atoms with E-state index in [4.69, 9.17) is 0 Å². The van der Waals surface area contributed by atoms with Crippen LogP contribution in [-0.2, 0) is 4.79 Å². The number of rotatable bonds is 7. The van der Waals surface area contributed by atoms with Crippen molar-refractivity contribution >= 4 is 17.2 Å². The molecule has 5 heteroatoms. The van der Waals surface area contributed by atoms with Crippen LogP contribution in [0, 0.1) is 5.92 Å². The minimum absolute atomic E-state index is 0.107. The summed E-state index contributed by atoms with van der Waals surface area (Å²) in [5, 5.41) is 8.54. The van der Waals surface area contributed by atoms with Crippen LogP contribution in [0.5, 0.6) is 0 Å². The first-order chi connectivity index (χ1) is 10.2. The highest BCUT2D eigenvalue weighted by Gasteiger charge is 2.18. The second-order valence-electron chi connectivity index (χ2n) is 5.83. The van der Waals surface area contributed by atoms with E-state index in [1.54, 1.807) is 11.3 Å². The lowest BCUT2D eigenvalue weighted by Gasteiger charge is -2.29. The van der Waals surface area contributed by atoms with Crippen LogP contribution in [0.15, 0.2) is 17.5 Å². The van der Waals surface area contributed by atoms with Crippen molar-refractivity contribution in [2.45, 2.75) is 32.7 Å². The highest BCUT2D eigenvalue weighted by molar-refractivity contribution is 7.10. The van der Waals surface area contributed by atoms with Gasteiger partial charge in [0.05, 0.1) is 12.6 Å². The van der Waals surface area contributed by atoms with Crippen LogP contribution in [-0.4, -0.2) is 43.5 Å². The lowest BCUT2D eigenvalue weighted by molar-refractivity contribution is -0.123. The molecule has 0 aliphatic carbocycles. The summed E-state index contributed by atoms with van der Waals surface area (Å²) >= 11 is 1.69. The maximum absolute atomic E-state index is 12.2. The maximum Gasteiger partial charge on any atom is 0.234 e. The summed E-state index contributed by atoms with van der Waals surface area (Å²) in [6.07, 6.45) is 2.45. The lowest BCUT2D eigenvalue weighted by atomic mass is 9.97. The van der Waals surface area contributed by atoms with Crippen LogP contribution < -0.4 is 10.6 Å². The number of piperidine rings is 1. The first-order valence-corrected chi connectivity index (χ1v) is 8.82. The molecule has 1 atom stereocenters. The van der Waals surface area contributed by atoms with E-state index in [1.807, 2.05) is 18.4 Å². The van der Waals surface area contributed by atoms with Gasteiger partial charge in [0.15, 0.2) is 0 Å². The smallest absolute Gasteiger partial charge is 0.234 e. The summed E-state index contributed by atoms with van der Waals surface area (Å²) in [5.74, 6) is 0.861. The van der Waals surface area contributed by atoms with Crippen molar-refractivity contribution in [2.75, 3.05) is 32.7 Å². The number of carbonyl (C=O) groups excluding carboxylic acids is 1. The van der Waals surface area contributed by atoms with Gasteiger partial charge in [-0.2, -0.15) is 0 Å². The lowest BCUT2D eigenvalue weighted by Crippen LogP contribution is -2.42. The van der Waals surface area contributed by atoms with E-state index in [0.717, 1.165) is 32.1 Å². The average molecular weight is 309 g/mol. The fourth-order valence-corrected chi connectivity index (χ4v) is 3.57. The molecule has 0 aromatic carbocycles. The number of likely N-dealkylation sites (N-methyl/N-ethyl adjacent to an activating group) is 1. The van der Waals surface area contributed by atoms with Crippen molar-refractivity contribution in [3.8, 4) is 0 Å². The summed E-state index contributed by atoms with van der Waals surface area (Å²) < 4.78 is 0. The zero-order valence-corrected chi connectivity index (χ0v) is 13.9. The van der Waals surface area contributed by atoms with Gasteiger partial charge < -0.3 is 10.6 Å². The molecule has 2 N–H and O–H groups in total. The third-order valence-electron chi connectivity index (χ3n) is 4.14. The Balaban J connectivity index is 1.76. The minimum Gasteiger partial charge on any atom is -0.348 e. The van der Waals surface area contributed by atoms with E-state index in [2.05, 4.69) is 28.5 Å². The predicted molar refractivity (Wildman–Crippen MR) is 88.6 cm³/mol. The number of nitrogens with one attached hydrogen (secondary N) is 2. The molecule has 1 aliphatic heterocycles. The molecule has 1 aromatic heterocycles. The molecule has 1 fully saturated rings. The Morgan fingerprint density at radius 1 is 1.52 bits per heavy atom. The van der Waals surface area contributed by atoms with Gasteiger partial charge in [0.2, 0.25) is 5.91 Å². The first-order valence-electron chi connectivity index (χ1n) is 7.95. The monoisotopic (exact) mass is 309 g/mol. The zero-order chi connectivity index (χ0) is 15.1. The van der Waals surface area contributed by atoms with Gasteiger partial charge in [-0.05, 0) is 56.8 Å². The van der Waals surface area contributed by atoms with E-state index in [1.165, 1.54) is 17.7 Å². The van der Waals surface area contributed by atoms with Crippen LogP contribution in [0.1, 0.15) is 37.6 Å². The van der Waals surface area contributed by atoms with Crippen molar-refractivity contribution in [1.29, 1.82) is 0 Å². The summed E-state index contributed by atoms with van der Waals surface area (Å²) in [6.45, 7) is 8.90. The van der Waals surface area contributed by atoms with Gasteiger partial charge in [-0.15, -0.1) is 11.3 Å². The summed E-state index contributed by atoms with van der Waals surface area (Å²) in [4.78, 5) is 15.7. The van der Waals surface area contributed by atoms with Gasteiger partial charge in [0.1, 0.15) is 0 Å². The number of thiophene rings is 1. The standard InChI is InChI=1S/C16H27N3OS/c1-3-19(11-14-6-8-17-9-7-14)12-16(20)18-13(2)15-5-4-10-21-15/h4-5,10,13-14,17H,3,6-9,11-12H2,1-2H3,(H,18,20). The first kappa shape index (κ1) is 16.5. The van der Waals surface area contributed by atoms with E-state index >= 15 is 0 Å². The number of carbonyl (C=O) groups is 1. The highest BCUT2D eigenvalue weighted by atomic mass is 32.1. The Bertz CT molecular complexity index is 415. The maximum atomic E-state index is 12.2. The van der Waals surface area contributed by atoms with E-state index < -0.39 is 0 Å². The average Bonchev–Trinajstić information content (AvgIpc) is 3.02. The summed E-state index contributed by atoms with van der Waals surface area (Å²) in [5.41, 5.74) is 0. The zero-order valence-electron chi connectivity index (χ0n) is 13.1. The molecule has 0 bridgehead atoms. The number of hydrogen-bond acceptors (Lipinski definition) is 4. The largest absolute Gasteiger partial charge is 0.348 e. The van der Waals surface area contributed by atoms with E-state index in [9.17, 15) is 4.79 Å². The Morgan fingerprint density at radius 3 is 2.90 bits per heavy atom. The van der Waals surface area contributed by atoms with Gasteiger partial charge in [-0.25, -0.2) is 0 Å². The molecule has 1 unspecified atom stereocenters. The van der Waals surface area contributed by atoms with Crippen molar-refractivity contribution in [1.82, 2.24) is 15.5 Å². The summed E-state index contributed by atoms with van der Waals surface area (Å²) in [7, 11) is 0. The third kappa shape index (κ3) is 5.41. The molecule has 1 saturated heterocycles. The molecule has 0 spiro atoms. The fourth-order valence-electron chi connectivity index (χ4n) is 2.83. The second kappa shape index (κ2) is 8.51. The predicted octanol–water partition coefficient (Wildman–Crippen LogP) is 2.25. The Morgan fingerprint density at radius 2 is 2.29 bits per heavy atom. The van der Waals surface area contributed by atoms with Crippen LogP contribution in [0.25, 0.3) is 0 Å². The van der Waals surface area contributed by atoms with Crippen LogP contribution in [0.3, 0.4) is 0 Å². The molecule has 21 heavy (non-hydrogen) atoms. The van der Waals surface area contributed by atoms with Gasteiger partial charge >= 0.3 is 0 Å². The van der Waals surface area contributed by atoms with Gasteiger partial charge in [0.25, 0.3) is 0 Å². The van der Waals surface area contributed by atoms with E-state index in [-0.39, 0.29) is 11.9 Å². The Kier molecular flexibility index (Phi) is 6.67. The Labute approximate surface area is 131 Å². The van der Waals surface area contributed by atoms with Gasteiger partial charge in [0, 0.05) is 11.4 Å². The van der Waals surface area contributed by atoms with Crippen molar-refractivity contribution in [3.63, 3.8) is 0 Å². The Hall–Kier alpha value is -0.910. The minimum atomic E-state index is 0.107. The molecule has 2 rings (SSSR count). The van der Waals surface area contributed by atoms with Crippen LogP contribution in [0.2, 0.25) is 0 Å². The molecule has 1 amide bonds. The SMILES string of the molecule is CCN(CC(=O)NC(C)c1cccs1)CC1CCNCC1. The molecule has 4 nitrogen and oxygen atoms in total. The third-order valence-corrected chi connectivity index (χ3v) is 5.19.